The summed E-state index contributed by atoms with van der Waals surface area (Å²) >= 11 is 0. The summed E-state index contributed by atoms with van der Waals surface area (Å²) in [6, 6.07) is 9.09. The highest BCUT2D eigenvalue weighted by Gasteiger charge is 2.64. The van der Waals surface area contributed by atoms with Crippen molar-refractivity contribution in [3.8, 4) is 0 Å². The Morgan fingerprint density at radius 3 is 2.22 bits per heavy atom. The van der Waals surface area contributed by atoms with Crippen molar-refractivity contribution in [1.29, 1.82) is 0 Å². The molecule has 2 heterocycles. The Labute approximate surface area is 210 Å². The van der Waals surface area contributed by atoms with Gasteiger partial charge in [-0.15, -0.1) is 0 Å². The van der Waals surface area contributed by atoms with E-state index in [4.69, 9.17) is 9.57 Å². The van der Waals surface area contributed by atoms with Crippen LogP contribution in [0, 0.1) is 11.8 Å². The Kier molecular flexibility index (Phi) is 7.38. The quantitative estimate of drug-likeness (QED) is 0.450. The fraction of sp³-hybridized carbons (Fsp3) is 0.615. The van der Waals surface area contributed by atoms with E-state index in [0.717, 1.165) is 28.2 Å². The van der Waals surface area contributed by atoms with Gasteiger partial charge in [0.05, 0.1) is 24.5 Å². The van der Waals surface area contributed by atoms with Crippen molar-refractivity contribution >= 4 is 23.9 Å². The molecule has 2 N–H and O–H groups in total. The first kappa shape index (κ1) is 26.1. The zero-order chi connectivity index (χ0) is 26.1. The number of carboxylic acids is 1. The molecule has 0 bridgehead atoms. The fourth-order valence-electron chi connectivity index (χ4n) is 5.51. The lowest BCUT2D eigenvalue weighted by Crippen LogP contribution is -2.73. The maximum absolute atomic E-state index is 13.4. The number of benzene rings is 1. The third-order valence-corrected chi connectivity index (χ3v) is 7.19. The molecule has 4 atom stereocenters. The number of imide groups is 1. The molecule has 4 rings (SSSR count). The number of amides is 3. The first-order valence-corrected chi connectivity index (χ1v) is 12.6. The van der Waals surface area contributed by atoms with Crippen molar-refractivity contribution in [2.75, 3.05) is 6.54 Å². The molecule has 196 valence electrons. The molecular formula is C26H35N3O7. The molecule has 0 spiro atoms. The minimum absolute atomic E-state index is 0.109. The van der Waals surface area contributed by atoms with Gasteiger partial charge in [0.25, 0.3) is 0 Å². The number of hydroxylamine groups is 1. The van der Waals surface area contributed by atoms with Crippen LogP contribution in [0.3, 0.4) is 0 Å². The molecule has 2 saturated heterocycles. The van der Waals surface area contributed by atoms with Gasteiger partial charge in [-0.05, 0) is 45.6 Å². The van der Waals surface area contributed by atoms with Crippen molar-refractivity contribution in [2.24, 2.45) is 11.8 Å². The average molecular weight is 502 g/mol. The van der Waals surface area contributed by atoms with Crippen molar-refractivity contribution in [3.63, 3.8) is 0 Å². The van der Waals surface area contributed by atoms with Gasteiger partial charge < -0.3 is 9.84 Å². The zero-order valence-corrected chi connectivity index (χ0v) is 21.1. The Balaban J connectivity index is 1.61. The van der Waals surface area contributed by atoms with E-state index in [2.05, 4.69) is 5.48 Å². The summed E-state index contributed by atoms with van der Waals surface area (Å²) in [4.78, 5) is 60.7. The third kappa shape index (κ3) is 4.97. The lowest BCUT2D eigenvalue weighted by molar-refractivity contribution is -0.183. The topological polar surface area (TPSA) is 125 Å². The van der Waals surface area contributed by atoms with Crippen LogP contribution in [-0.2, 0) is 30.6 Å². The van der Waals surface area contributed by atoms with Gasteiger partial charge >= 0.3 is 12.1 Å². The van der Waals surface area contributed by atoms with Gasteiger partial charge in [0.15, 0.2) is 0 Å². The largest absolute Gasteiger partial charge is 0.478 e. The molecule has 0 radical (unpaired) electrons. The van der Waals surface area contributed by atoms with Gasteiger partial charge in [-0.2, -0.15) is 5.48 Å². The Morgan fingerprint density at radius 2 is 1.67 bits per heavy atom. The van der Waals surface area contributed by atoms with E-state index in [9.17, 15) is 24.3 Å². The lowest BCUT2D eigenvalue weighted by atomic mass is 9.81. The first-order valence-electron chi connectivity index (χ1n) is 12.6. The van der Waals surface area contributed by atoms with E-state index in [0.29, 0.717) is 12.8 Å². The van der Waals surface area contributed by atoms with Crippen LogP contribution >= 0.6 is 0 Å². The number of likely N-dealkylation sites (tertiary alicyclic amines) is 2. The Hall–Kier alpha value is -2.98. The normalized spacial score (nSPS) is 28.7. The third-order valence-electron chi connectivity index (χ3n) is 7.19. The minimum Gasteiger partial charge on any atom is -0.478 e. The molecular weight excluding hydrogens is 466 g/mol. The first-order chi connectivity index (χ1) is 17.0. The molecule has 10 nitrogen and oxygen atoms in total. The second kappa shape index (κ2) is 10.2. The van der Waals surface area contributed by atoms with Gasteiger partial charge in [-0.25, -0.2) is 14.5 Å². The number of fused-ring (bicyclic) bond motifs is 1. The van der Waals surface area contributed by atoms with Crippen LogP contribution < -0.4 is 5.48 Å². The van der Waals surface area contributed by atoms with Crippen LogP contribution in [0.1, 0.15) is 64.9 Å². The summed E-state index contributed by atoms with van der Waals surface area (Å²) in [6.07, 6.45) is 1.97. The lowest BCUT2D eigenvalue weighted by Gasteiger charge is -2.49. The molecule has 36 heavy (non-hydrogen) atoms. The van der Waals surface area contributed by atoms with Crippen molar-refractivity contribution in [2.45, 2.75) is 83.2 Å². The highest BCUT2D eigenvalue weighted by molar-refractivity contribution is 6.09. The molecule has 0 aromatic heterocycles. The number of ether oxygens (including phenoxy) is 1. The van der Waals surface area contributed by atoms with E-state index in [1.54, 1.807) is 20.8 Å². The minimum atomic E-state index is -2.15. The van der Waals surface area contributed by atoms with Gasteiger partial charge in [0.2, 0.25) is 17.5 Å². The second-order valence-electron chi connectivity index (χ2n) is 10.8. The molecule has 1 aromatic rings. The summed E-state index contributed by atoms with van der Waals surface area (Å²) < 4.78 is 5.56. The summed E-state index contributed by atoms with van der Waals surface area (Å²) in [5.74, 6) is -3.50. The maximum Gasteiger partial charge on any atom is 0.412 e. The highest BCUT2D eigenvalue weighted by Crippen LogP contribution is 2.44. The number of carbonyl (C=O) groups is 4. The van der Waals surface area contributed by atoms with Gasteiger partial charge in [-0.1, -0.05) is 43.2 Å². The summed E-state index contributed by atoms with van der Waals surface area (Å²) in [5, 5.41) is 10.5. The zero-order valence-electron chi connectivity index (χ0n) is 21.1. The monoisotopic (exact) mass is 501 g/mol. The number of rotatable bonds is 6. The Morgan fingerprint density at radius 1 is 1.06 bits per heavy atom. The van der Waals surface area contributed by atoms with Crippen molar-refractivity contribution in [3.05, 3.63) is 35.9 Å². The number of carboxylic acid groups (broad SMARTS) is 1. The Bertz CT molecular complexity index is 985. The summed E-state index contributed by atoms with van der Waals surface area (Å²) in [7, 11) is 0. The number of nitrogens with one attached hydrogen (secondary N) is 1. The van der Waals surface area contributed by atoms with Crippen LogP contribution in [0.2, 0.25) is 0 Å². The van der Waals surface area contributed by atoms with E-state index in [-0.39, 0.29) is 26.0 Å². The summed E-state index contributed by atoms with van der Waals surface area (Å²) in [6.45, 7) is 5.20. The molecule has 1 aliphatic carbocycles. The molecule has 1 aromatic carbocycles. The maximum atomic E-state index is 13.4. The number of carbonyl (C=O) groups excluding carboxylic acids is 3. The van der Waals surface area contributed by atoms with E-state index >= 15 is 0 Å². The van der Waals surface area contributed by atoms with Crippen LogP contribution in [0.4, 0.5) is 4.79 Å². The fourth-order valence-corrected chi connectivity index (χ4v) is 5.51. The predicted octanol–water partition coefficient (Wildman–Crippen LogP) is 3.06. The van der Waals surface area contributed by atoms with Gasteiger partial charge in [-0.3, -0.25) is 19.3 Å². The molecule has 1 unspecified atom stereocenters. The number of hydrogen-bond donors (Lipinski definition) is 2. The molecule has 10 heteroatoms. The molecule has 3 aliphatic rings. The second-order valence-corrected chi connectivity index (χ2v) is 10.8. The molecule has 2 aliphatic heterocycles. The van der Waals surface area contributed by atoms with E-state index in [1.807, 2.05) is 30.3 Å². The standard InChI is InChI=1S/C26H35N3O7/c1-25(2,3)36-24(34)28-15-18(27-35-16-17-9-5-4-6-10-17)13-14-26(28,23(32)33)29-21(30)19-11-7-8-12-20(19)22(29)31/h4-6,9-10,18-20,27H,7-8,11-16H2,1-3H3,(H,32,33)/t18?,19-,20+,26-/m1/s1. The molecule has 3 fully saturated rings. The van der Waals surface area contributed by atoms with Crippen molar-refractivity contribution in [1.82, 2.24) is 15.3 Å². The smallest absolute Gasteiger partial charge is 0.412 e. The van der Waals surface area contributed by atoms with E-state index in [1.165, 1.54) is 0 Å². The van der Waals surface area contributed by atoms with Gasteiger partial charge in [0, 0.05) is 13.0 Å². The SMILES string of the molecule is CC(C)(C)OC(=O)N1CC(NOCc2ccccc2)CC[C@]1(C(=O)O)N1C(=O)[C@H]2CCCC[C@H]2C1=O. The van der Waals surface area contributed by atoms with Crippen LogP contribution in [-0.4, -0.2) is 62.6 Å². The number of nitrogens with zero attached hydrogens (tertiary/aromatic N) is 2. The van der Waals surface area contributed by atoms with Crippen LogP contribution in [0.15, 0.2) is 30.3 Å². The number of hydrogen-bond acceptors (Lipinski definition) is 7. The predicted molar refractivity (Wildman–Crippen MR) is 128 cm³/mol. The van der Waals surface area contributed by atoms with Crippen LogP contribution in [0.5, 0.6) is 0 Å². The molecule has 3 amide bonds. The van der Waals surface area contributed by atoms with E-state index < -0.39 is 53.0 Å². The summed E-state index contributed by atoms with van der Waals surface area (Å²) in [5.41, 5.74) is 0.820. The van der Waals surface area contributed by atoms with Gasteiger partial charge in [0.1, 0.15) is 5.60 Å². The molecule has 1 saturated carbocycles. The van der Waals surface area contributed by atoms with Crippen molar-refractivity contribution < 1.29 is 33.9 Å². The number of piperidine rings is 1. The average Bonchev–Trinajstić information content (AvgIpc) is 3.09. The van der Waals surface area contributed by atoms with Crippen LogP contribution in [0.25, 0.3) is 0 Å². The highest BCUT2D eigenvalue weighted by atomic mass is 16.6. The number of aliphatic carboxylic acids is 1.